The van der Waals surface area contributed by atoms with Gasteiger partial charge in [-0.25, -0.2) is 12.8 Å². The van der Waals surface area contributed by atoms with Crippen LogP contribution in [0.1, 0.15) is 37.9 Å². The summed E-state index contributed by atoms with van der Waals surface area (Å²) in [6.07, 6.45) is 5.85. The lowest BCUT2D eigenvalue weighted by atomic mass is 10.1. The van der Waals surface area contributed by atoms with Gasteiger partial charge in [-0.3, -0.25) is 4.79 Å². The Balaban J connectivity index is 1.32. The van der Waals surface area contributed by atoms with E-state index >= 15 is 0 Å². The Kier molecular flexibility index (Phi) is 7.26. The van der Waals surface area contributed by atoms with Crippen molar-refractivity contribution in [3.8, 4) is 17.1 Å². The molecule has 0 saturated heterocycles. The maximum atomic E-state index is 14.4. The third-order valence-corrected chi connectivity index (χ3v) is 6.81. The number of carbonyl (C=O) groups is 1. The number of aromatic nitrogens is 3. The number of carbonyl (C=O) groups excluding carboxylic acids is 1. The molecule has 1 amide bonds. The van der Waals surface area contributed by atoms with Crippen LogP contribution in [0.25, 0.3) is 11.4 Å². The molecule has 0 spiro atoms. The zero-order valence-electron chi connectivity index (χ0n) is 19.0. The molecule has 0 saturated carbocycles. The molecular weight excluding hydrogens is 459 g/mol. The minimum Gasteiger partial charge on any atom is -0.494 e. The van der Waals surface area contributed by atoms with E-state index in [9.17, 15) is 17.6 Å². The summed E-state index contributed by atoms with van der Waals surface area (Å²) in [4.78, 5) is 12.6. The summed E-state index contributed by atoms with van der Waals surface area (Å²) < 4.78 is 45.0. The molecule has 1 aromatic heterocycles. The Morgan fingerprint density at radius 1 is 1.12 bits per heavy atom. The lowest BCUT2D eigenvalue weighted by Gasteiger charge is -2.11. The van der Waals surface area contributed by atoms with Gasteiger partial charge in [-0.1, -0.05) is 6.42 Å². The molecule has 34 heavy (non-hydrogen) atoms. The lowest BCUT2D eigenvalue weighted by Crippen LogP contribution is -2.14. The van der Waals surface area contributed by atoms with E-state index in [-0.39, 0.29) is 29.5 Å². The molecule has 180 valence electrons. The molecule has 0 unspecified atom stereocenters. The van der Waals surface area contributed by atoms with E-state index in [1.807, 2.05) is 0 Å². The van der Waals surface area contributed by atoms with Gasteiger partial charge in [0.1, 0.15) is 17.4 Å². The van der Waals surface area contributed by atoms with Crippen LogP contribution in [0, 0.1) is 5.82 Å². The van der Waals surface area contributed by atoms with Gasteiger partial charge in [-0.15, -0.1) is 10.2 Å². The lowest BCUT2D eigenvalue weighted by molar-refractivity contribution is -0.116. The first kappa shape index (κ1) is 23.9. The maximum Gasteiger partial charge on any atom is 0.224 e. The van der Waals surface area contributed by atoms with Crippen molar-refractivity contribution in [2.75, 3.05) is 18.2 Å². The van der Waals surface area contributed by atoms with Crippen LogP contribution in [-0.4, -0.2) is 42.0 Å². The second kappa shape index (κ2) is 10.3. The normalized spacial score (nSPS) is 13.7. The number of nitrogens with one attached hydrogen (secondary N) is 1. The zero-order chi connectivity index (χ0) is 24.1. The molecule has 0 atom stereocenters. The Morgan fingerprint density at radius 3 is 2.68 bits per heavy atom. The molecule has 8 nitrogen and oxygen atoms in total. The van der Waals surface area contributed by atoms with E-state index in [1.54, 1.807) is 24.3 Å². The molecule has 1 N–H and O–H groups in total. The van der Waals surface area contributed by atoms with Gasteiger partial charge in [-0.05, 0) is 61.7 Å². The first-order valence-corrected chi connectivity index (χ1v) is 13.2. The molecule has 10 heteroatoms. The second-order valence-corrected chi connectivity index (χ2v) is 10.4. The van der Waals surface area contributed by atoms with Crippen LogP contribution >= 0.6 is 0 Å². The molecule has 0 fully saturated rings. The predicted molar refractivity (Wildman–Crippen MR) is 126 cm³/mol. The molecule has 1 aliphatic heterocycles. The van der Waals surface area contributed by atoms with Crippen LogP contribution in [0.3, 0.4) is 0 Å². The van der Waals surface area contributed by atoms with Gasteiger partial charge in [-0.2, -0.15) is 0 Å². The number of hydrogen-bond donors (Lipinski definition) is 1. The number of ether oxygens (including phenoxy) is 1. The fraction of sp³-hybridized carbons (Fsp3) is 0.375. The van der Waals surface area contributed by atoms with Crippen LogP contribution < -0.4 is 10.1 Å². The van der Waals surface area contributed by atoms with Gasteiger partial charge < -0.3 is 14.6 Å². The van der Waals surface area contributed by atoms with E-state index in [1.165, 1.54) is 18.2 Å². The summed E-state index contributed by atoms with van der Waals surface area (Å²) in [5.74, 6) is 1.29. The maximum absolute atomic E-state index is 14.4. The number of nitrogens with zero attached hydrogens (tertiary/aromatic N) is 3. The van der Waals surface area contributed by atoms with Crippen molar-refractivity contribution in [3.63, 3.8) is 0 Å². The van der Waals surface area contributed by atoms with Crippen LogP contribution in [0.2, 0.25) is 0 Å². The van der Waals surface area contributed by atoms with Gasteiger partial charge in [0.15, 0.2) is 15.7 Å². The molecular formula is C24H27FN4O4S. The van der Waals surface area contributed by atoms with Crippen molar-refractivity contribution < 1.29 is 22.3 Å². The molecule has 0 aliphatic carbocycles. The third kappa shape index (κ3) is 5.80. The van der Waals surface area contributed by atoms with Crippen molar-refractivity contribution in [1.29, 1.82) is 0 Å². The van der Waals surface area contributed by atoms with E-state index in [0.717, 1.165) is 44.3 Å². The fourth-order valence-corrected chi connectivity index (χ4v) is 4.51. The third-order valence-electron chi connectivity index (χ3n) is 5.68. The summed E-state index contributed by atoms with van der Waals surface area (Å²) in [7, 11) is -3.26. The van der Waals surface area contributed by atoms with Crippen molar-refractivity contribution in [2.24, 2.45) is 0 Å². The number of hydrogen-bond acceptors (Lipinski definition) is 6. The largest absolute Gasteiger partial charge is 0.494 e. The van der Waals surface area contributed by atoms with Crippen LogP contribution in [0.15, 0.2) is 47.4 Å². The summed E-state index contributed by atoms with van der Waals surface area (Å²) in [6, 6.07) is 10.7. The molecule has 1 aliphatic rings. The number of halogens is 1. The number of rotatable bonds is 8. The monoisotopic (exact) mass is 486 g/mol. The van der Waals surface area contributed by atoms with Crippen molar-refractivity contribution >= 4 is 21.4 Å². The van der Waals surface area contributed by atoms with Gasteiger partial charge in [0, 0.05) is 31.2 Å². The number of anilines is 1. The summed E-state index contributed by atoms with van der Waals surface area (Å²) in [5, 5.41) is 11.2. The van der Waals surface area contributed by atoms with E-state index in [2.05, 4.69) is 20.1 Å². The Bertz CT molecular complexity index is 1270. The van der Waals surface area contributed by atoms with Crippen molar-refractivity contribution in [2.45, 2.75) is 50.0 Å². The minimum absolute atomic E-state index is 0.103. The van der Waals surface area contributed by atoms with E-state index < -0.39 is 15.7 Å². The number of amides is 1. The second-order valence-electron chi connectivity index (χ2n) is 8.34. The van der Waals surface area contributed by atoms with Crippen LogP contribution in [0.4, 0.5) is 10.1 Å². The van der Waals surface area contributed by atoms with Gasteiger partial charge in [0.2, 0.25) is 5.91 Å². The highest BCUT2D eigenvalue weighted by molar-refractivity contribution is 7.90. The van der Waals surface area contributed by atoms with Gasteiger partial charge in [0.05, 0.1) is 17.2 Å². The van der Waals surface area contributed by atoms with Crippen molar-refractivity contribution in [1.82, 2.24) is 14.8 Å². The number of sulfone groups is 1. The number of fused-ring (bicyclic) bond motifs is 1. The highest BCUT2D eigenvalue weighted by Gasteiger charge is 2.17. The quantitative estimate of drug-likeness (QED) is 0.483. The standard InChI is InChI=1S/C24H27FN4O4S/c1-34(31,32)19-11-9-18(10-12-19)33-15-5-7-23(30)26-21-16-17(8-13-20(21)25)24-28-27-22-6-3-2-4-14-29(22)24/h8-13,16H,2-7,14-15H2,1H3,(H,26,30). The molecule has 2 aromatic carbocycles. The van der Waals surface area contributed by atoms with Crippen LogP contribution in [0.5, 0.6) is 5.75 Å². The molecule has 0 bridgehead atoms. The molecule has 3 aromatic rings. The van der Waals surface area contributed by atoms with Gasteiger partial charge >= 0.3 is 0 Å². The average molecular weight is 487 g/mol. The van der Waals surface area contributed by atoms with Gasteiger partial charge in [0.25, 0.3) is 0 Å². The SMILES string of the molecule is CS(=O)(=O)c1ccc(OCCCC(=O)Nc2cc(-c3nnc4n3CCCCC4)ccc2F)cc1. The number of aryl methyl sites for hydroxylation is 1. The Labute approximate surface area is 198 Å². The topological polar surface area (TPSA) is 103 Å². The average Bonchev–Trinajstić information content (AvgIpc) is 3.06. The Morgan fingerprint density at radius 2 is 1.91 bits per heavy atom. The highest BCUT2D eigenvalue weighted by atomic mass is 32.2. The van der Waals surface area contributed by atoms with Crippen LogP contribution in [-0.2, 0) is 27.6 Å². The number of benzene rings is 2. The summed E-state index contributed by atoms with van der Waals surface area (Å²) in [6.45, 7) is 1.09. The Hall–Kier alpha value is -3.27. The highest BCUT2D eigenvalue weighted by Crippen LogP contribution is 2.27. The minimum atomic E-state index is -3.26. The summed E-state index contributed by atoms with van der Waals surface area (Å²) >= 11 is 0. The first-order valence-electron chi connectivity index (χ1n) is 11.3. The molecule has 0 radical (unpaired) electrons. The smallest absolute Gasteiger partial charge is 0.224 e. The van der Waals surface area contributed by atoms with E-state index in [0.29, 0.717) is 23.6 Å². The zero-order valence-corrected chi connectivity index (χ0v) is 19.8. The fourth-order valence-electron chi connectivity index (χ4n) is 3.88. The predicted octanol–water partition coefficient (Wildman–Crippen LogP) is 4.01. The first-order chi connectivity index (χ1) is 16.3. The molecule has 4 rings (SSSR count). The molecule has 2 heterocycles. The van der Waals surface area contributed by atoms with E-state index in [4.69, 9.17) is 4.74 Å². The summed E-state index contributed by atoms with van der Waals surface area (Å²) in [5.41, 5.74) is 0.809. The van der Waals surface area contributed by atoms with Crippen molar-refractivity contribution in [3.05, 3.63) is 54.1 Å².